The van der Waals surface area contributed by atoms with Gasteiger partial charge in [0.05, 0.1) is 0 Å². The molecule has 3 rings (SSSR count). The Morgan fingerprint density at radius 3 is 2.68 bits per heavy atom. The molecule has 2 heterocycles. The average molecular weight is 367 g/mol. The molecule has 25 heavy (non-hydrogen) atoms. The van der Waals surface area contributed by atoms with Crippen LogP contribution in [0.5, 0.6) is 0 Å². The summed E-state index contributed by atoms with van der Waals surface area (Å²) >= 11 is 0. The lowest BCUT2D eigenvalue weighted by Crippen LogP contribution is -2.07. The van der Waals surface area contributed by atoms with E-state index in [2.05, 4.69) is 15.1 Å². The Labute approximate surface area is 143 Å². The van der Waals surface area contributed by atoms with Crippen molar-refractivity contribution in [2.45, 2.75) is 11.9 Å². The van der Waals surface area contributed by atoms with Gasteiger partial charge in [-0.15, -0.1) is 0 Å². The Bertz CT molecular complexity index is 925. The van der Waals surface area contributed by atoms with Crippen molar-refractivity contribution in [2.24, 2.45) is 0 Å². The molecule has 3 aromatic rings. The predicted octanol–water partition coefficient (Wildman–Crippen LogP) is 3.70. The number of hydrogen-bond donors (Lipinski definition) is 0. The molecule has 5 nitrogen and oxygen atoms in total. The Hall–Kier alpha value is -2.55. The van der Waals surface area contributed by atoms with Crippen LogP contribution in [0.3, 0.4) is 0 Å². The van der Waals surface area contributed by atoms with Crippen molar-refractivity contribution < 1.29 is 21.9 Å². The van der Waals surface area contributed by atoms with Gasteiger partial charge in [-0.05, 0) is 29.8 Å². The van der Waals surface area contributed by atoms with Crippen LogP contribution in [0, 0.1) is 0 Å². The minimum atomic E-state index is -4.55. The SMILES string of the molecule is CS(=O)Cc1cccc(-c2nc(-c3ccnc(C(F)(F)F)c3)no2)c1. The summed E-state index contributed by atoms with van der Waals surface area (Å²) in [5.41, 5.74) is 0.570. The third kappa shape index (κ3) is 4.11. The van der Waals surface area contributed by atoms with Gasteiger partial charge in [-0.25, -0.2) is 0 Å². The van der Waals surface area contributed by atoms with E-state index in [1.807, 2.05) is 6.07 Å². The summed E-state index contributed by atoms with van der Waals surface area (Å²) in [6.07, 6.45) is -1.91. The van der Waals surface area contributed by atoms with Crippen molar-refractivity contribution in [1.29, 1.82) is 0 Å². The molecule has 0 aliphatic heterocycles. The van der Waals surface area contributed by atoms with Gasteiger partial charge in [-0.1, -0.05) is 17.3 Å². The largest absolute Gasteiger partial charge is 0.433 e. The highest BCUT2D eigenvalue weighted by Crippen LogP contribution is 2.30. The monoisotopic (exact) mass is 367 g/mol. The lowest BCUT2D eigenvalue weighted by molar-refractivity contribution is -0.141. The quantitative estimate of drug-likeness (QED) is 0.703. The number of benzene rings is 1. The molecule has 130 valence electrons. The van der Waals surface area contributed by atoms with Crippen LogP contribution in [-0.2, 0) is 22.7 Å². The zero-order valence-electron chi connectivity index (χ0n) is 12.9. The van der Waals surface area contributed by atoms with Crippen LogP contribution in [0.15, 0.2) is 47.1 Å². The summed E-state index contributed by atoms with van der Waals surface area (Å²) in [5, 5.41) is 3.74. The third-order valence-electron chi connectivity index (χ3n) is 3.28. The van der Waals surface area contributed by atoms with Crippen LogP contribution < -0.4 is 0 Å². The van der Waals surface area contributed by atoms with Crippen molar-refractivity contribution in [1.82, 2.24) is 15.1 Å². The maximum absolute atomic E-state index is 12.8. The molecule has 0 bridgehead atoms. The first-order chi connectivity index (χ1) is 11.8. The fraction of sp³-hybridized carbons (Fsp3) is 0.188. The molecule has 0 spiro atoms. The highest BCUT2D eigenvalue weighted by Gasteiger charge is 2.32. The molecule has 0 aliphatic carbocycles. The van der Waals surface area contributed by atoms with Crippen LogP contribution in [-0.4, -0.2) is 25.6 Å². The molecule has 0 aliphatic rings. The number of halogens is 3. The number of hydrogen-bond acceptors (Lipinski definition) is 5. The van der Waals surface area contributed by atoms with Gasteiger partial charge < -0.3 is 4.52 Å². The van der Waals surface area contributed by atoms with Gasteiger partial charge in [0, 0.05) is 40.1 Å². The molecule has 1 aromatic carbocycles. The third-order valence-corrected chi connectivity index (χ3v) is 4.02. The minimum absolute atomic E-state index is 0.0346. The maximum atomic E-state index is 12.8. The molecule has 9 heteroatoms. The van der Waals surface area contributed by atoms with E-state index in [1.54, 1.807) is 24.5 Å². The lowest BCUT2D eigenvalue weighted by atomic mass is 10.1. The molecule has 0 radical (unpaired) electrons. The number of aromatic nitrogens is 3. The Morgan fingerprint density at radius 1 is 1.16 bits per heavy atom. The summed E-state index contributed by atoms with van der Waals surface area (Å²) < 4.78 is 54.7. The Morgan fingerprint density at radius 2 is 1.96 bits per heavy atom. The summed E-state index contributed by atoms with van der Waals surface area (Å²) in [6.45, 7) is 0. The van der Waals surface area contributed by atoms with Gasteiger partial charge in [0.15, 0.2) is 0 Å². The summed E-state index contributed by atoms with van der Waals surface area (Å²) in [4.78, 5) is 7.45. The minimum Gasteiger partial charge on any atom is -0.334 e. The van der Waals surface area contributed by atoms with E-state index in [-0.39, 0.29) is 17.3 Å². The maximum Gasteiger partial charge on any atom is 0.433 e. The Kier molecular flexibility index (Phi) is 4.67. The zero-order valence-corrected chi connectivity index (χ0v) is 13.8. The van der Waals surface area contributed by atoms with Crippen LogP contribution in [0.1, 0.15) is 11.3 Å². The van der Waals surface area contributed by atoms with Crippen molar-refractivity contribution in [3.63, 3.8) is 0 Å². The Balaban J connectivity index is 1.92. The van der Waals surface area contributed by atoms with Crippen LogP contribution in [0.4, 0.5) is 13.2 Å². The molecule has 1 atom stereocenters. The molecule has 0 saturated carbocycles. The van der Waals surface area contributed by atoms with E-state index in [4.69, 9.17) is 4.52 Å². The van der Waals surface area contributed by atoms with Crippen LogP contribution in [0.2, 0.25) is 0 Å². The molecule has 1 unspecified atom stereocenters. The first-order valence-corrected chi connectivity index (χ1v) is 8.82. The fourth-order valence-electron chi connectivity index (χ4n) is 2.21. The number of nitrogens with zero attached hydrogens (tertiary/aromatic N) is 3. The topological polar surface area (TPSA) is 68.9 Å². The summed E-state index contributed by atoms with van der Waals surface area (Å²) in [5.74, 6) is 0.588. The van der Waals surface area contributed by atoms with E-state index < -0.39 is 22.7 Å². The van der Waals surface area contributed by atoms with Crippen molar-refractivity contribution in [3.8, 4) is 22.8 Å². The van der Waals surface area contributed by atoms with Crippen LogP contribution in [0.25, 0.3) is 22.8 Å². The van der Waals surface area contributed by atoms with Gasteiger partial charge in [-0.2, -0.15) is 18.2 Å². The van der Waals surface area contributed by atoms with Gasteiger partial charge in [-0.3, -0.25) is 9.19 Å². The van der Waals surface area contributed by atoms with E-state index in [0.29, 0.717) is 11.3 Å². The van der Waals surface area contributed by atoms with Crippen molar-refractivity contribution >= 4 is 10.8 Å². The van der Waals surface area contributed by atoms with E-state index in [9.17, 15) is 17.4 Å². The van der Waals surface area contributed by atoms with Gasteiger partial charge >= 0.3 is 6.18 Å². The van der Waals surface area contributed by atoms with Gasteiger partial charge in [0.2, 0.25) is 5.82 Å². The lowest BCUT2D eigenvalue weighted by Gasteiger charge is -2.05. The number of alkyl halides is 3. The van der Waals surface area contributed by atoms with Crippen molar-refractivity contribution in [3.05, 3.63) is 53.9 Å². The molecular weight excluding hydrogens is 355 g/mol. The standard InChI is InChI=1S/C16H12F3N3O2S/c1-25(23)9-10-3-2-4-12(7-10)15-21-14(22-24-15)11-5-6-20-13(8-11)16(17,18)19/h2-8H,9H2,1H3. The van der Waals surface area contributed by atoms with Gasteiger partial charge in [0.1, 0.15) is 5.69 Å². The molecule has 2 aromatic heterocycles. The predicted molar refractivity (Wildman–Crippen MR) is 85.7 cm³/mol. The molecule has 0 amide bonds. The average Bonchev–Trinajstić information content (AvgIpc) is 3.04. The molecular formula is C16H12F3N3O2S. The van der Waals surface area contributed by atoms with Crippen LogP contribution >= 0.6 is 0 Å². The zero-order chi connectivity index (χ0) is 18.0. The first-order valence-electron chi connectivity index (χ1n) is 7.09. The fourth-order valence-corrected chi connectivity index (χ4v) is 2.86. The van der Waals surface area contributed by atoms with Gasteiger partial charge in [0.25, 0.3) is 5.89 Å². The number of rotatable bonds is 4. The molecule has 0 fully saturated rings. The van der Waals surface area contributed by atoms with E-state index >= 15 is 0 Å². The second-order valence-electron chi connectivity index (χ2n) is 5.27. The smallest absolute Gasteiger partial charge is 0.334 e. The van der Waals surface area contributed by atoms with Crippen molar-refractivity contribution in [2.75, 3.05) is 6.26 Å². The summed E-state index contributed by atoms with van der Waals surface area (Å²) in [7, 11) is -0.997. The van der Waals surface area contributed by atoms with E-state index in [0.717, 1.165) is 17.8 Å². The molecule has 0 saturated heterocycles. The highest BCUT2D eigenvalue weighted by atomic mass is 32.2. The second kappa shape index (κ2) is 6.75. The summed E-state index contributed by atoms with van der Waals surface area (Å²) in [6, 6.07) is 9.31. The first kappa shape index (κ1) is 17.3. The number of pyridine rings is 1. The highest BCUT2D eigenvalue weighted by molar-refractivity contribution is 7.83. The normalized spacial score (nSPS) is 13.0. The molecule has 0 N–H and O–H groups in total. The second-order valence-corrected chi connectivity index (χ2v) is 6.70. The van der Waals surface area contributed by atoms with E-state index in [1.165, 1.54) is 6.07 Å².